The summed E-state index contributed by atoms with van der Waals surface area (Å²) < 4.78 is 13.2. The molecule has 0 saturated heterocycles. The third-order valence-electron chi connectivity index (χ3n) is 2.94. The number of nitrogens with one attached hydrogen (secondary N) is 1. The zero-order valence-corrected chi connectivity index (χ0v) is 11.9. The molecule has 3 atom stereocenters. The van der Waals surface area contributed by atoms with Crippen LogP contribution in [0.5, 0.6) is 0 Å². The molecule has 88 valence electrons. The third-order valence-corrected chi connectivity index (χ3v) is 5.19. The first-order valence-electron chi connectivity index (χ1n) is 5.58. The Bertz CT molecular complexity index is 421. The molecule has 0 amide bonds. The van der Waals surface area contributed by atoms with Crippen molar-refractivity contribution < 1.29 is 4.21 Å². The molecule has 2 nitrogen and oxygen atoms in total. The number of hydrogen-bond donors (Lipinski definition) is 1. The smallest absolute Gasteiger partial charge is 0.0580 e. The molecule has 1 aromatic rings. The molecule has 2 rings (SSSR count). The Kier molecular flexibility index (Phi) is 3.82. The van der Waals surface area contributed by atoms with E-state index in [2.05, 4.69) is 41.2 Å². The van der Waals surface area contributed by atoms with Gasteiger partial charge in [0.15, 0.2) is 0 Å². The van der Waals surface area contributed by atoms with Crippen molar-refractivity contribution in [2.24, 2.45) is 0 Å². The summed E-state index contributed by atoms with van der Waals surface area (Å²) in [5.74, 6) is 0. The maximum absolute atomic E-state index is 12.1. The first-order valence-corrected chi connectivity index (χ1v) is 7.59. The summed E-state index contributed by atoms with van der Waals surface area (Å²) in [6.45, 7) is 5.17. The van der Waals surface area contributed by atoms with Gasteiger partial charge in [-0.25, -0.2) is 0 Å². The van der Waals surface area contributed by atoms with Crippen molar-refractivity contribution in [2.75, 3.05) is 6.54 Å². The van der Waals surface area contributed by atoms with Crippen LogP contribution in [-0.2, 0) is 10.8 Å². The second kappa shape index (κ2) is 4.98. The second-order valence-electron chi connectivity index (χ2n) is 4.12. The highest BCUT2D eigenvalue weighted by Crippen LogP contribution is 2.37. The van der Waals surface area contributed by atoms with Crippen LogP contribution in [0.4, 0.5) is 0 Å². The van der Waals surface area contributed by atoms with Crippen LogP contribution in [0.3, 0.4) is 0 Å². The largest absolute Gasteiger partial charge is 0.309 e. The number of rotatable bonds is 3. The van der Waals surface area contributed by atoms with Gasteiger partial charge >= 0.3 is 0 Å². The zero-order valence-electron chi connectivity index (χ0n) is 9.50. The standard InChI is InChI=1S/C12H16BrNOS/c1-3-6-14-12-8(2)16(15)11-5-4-9(13)7-10(11)12/h4-5,7-8,12,14H,3,6H2,1-2H3. The molecule has 0 saturated carbocycles. The molecule has 1 heterocycles. The van der Waals surface area contributed by atoms with Crippen LogP contribution in [0.2, 0.25) is 0 Å². The predicted molar refractivity (Wildman–Crippen MR) is 71.0 cm³/mol. The van der Waals surface area contributed by atoms with Crippen molar-refractivity contribution in [2.45, 2.75) is 36.5 Å². The maximum atomic E-state index is 12.1. The molecule has 0 spiro atoms. The van der Waals surface area contributed by atoms with E-state index in [9.17, 15) is 4.21 Å². The van der Waals surface area contributed by atoms with Crippen molar-refractivity contribution in [1.82, 2.24) is 5.32 Å². The van der Waals surface area contributed by atoms with Gasteiger partial charge in [0.2, 0.25) is 0 Å². The van der Waals surface area contributed by atoms with Crippen LogP contribution < -0.4 is 5.32 Å². The third kappa shape index (κ3) is 2.11. The normalized spacial score (nSPS) is 28.1. The van der Waals surface area contributed by atoms with Gasteiger partial charge in [0.1, 0.15) is 0 Å². The van der Waals surface area contributed by atoms with E-state index >= 15 is 0 Å². The van der Waals surface area contributed by atoms with E-state index in [0.717, 1.165) is 22.3 Å². The maximum Gasteiger partial charge on any atom is 0.0580 e. The molecule has 1 aliphatic heterocycles. The van der Waals surface area contributed by atoms with Crippen molar-refractivity contribution in [3.63, 3.8) is 0 Å². The fraction of sp³-hybridized carbons (Fsp3) is 0.500. The van der Waals surface area contributed by atoms with E-state index in [1.54, 1.807) is 0 Å². The lowest BCUT2D eigenvalue weighted by molar-refractivity contribution is 0.527. The van der Waals surface area contributed by atoms with Gasteiger partial charge in [-0.3, -0.25) is 4.21 Å². The molecule has 1 N–H and O–H groups in total. The van der Waals surface area contributed by atoms with Gasteiger partial charge < -0.3 is 5.32 Å². The summed E-state index contributed by atoms with van der Waals surface area (Å²) in [6, 6.07) is 6.25. The van der Waals surface area contributed by atoms with Crippen LogP contribution in [0.15, 0.2) is 27.6 Å². The summed E-state index contributed by atoms with van der Waals surface area (Å²) in [7, 11) is -0.868. The van der Waals surface area contributed by atoms with Crippen LogP contribution in [0, 0.1) is 0 Å². The van der Waals surface area contributed by atoms with Gasteiger partial charge in [0, 0.05) is 15.4 Å². The topological polar surface area (TPSA) is 29.1 Å². The van der Waals surface area contributed by atoms with Crippen LogP contribution >= 0.6 is 15.9 Å². The molecule has 16 heavy (non-hydrogen) atoms. The second-order valence-corrected chi connectivity index (χ2v) is 6.81. The average Bonchev–Trinajstić information content (AvgIpc) is 2.50. The van der Waals surface area contributed by atoms with Crippen molar-refractivity contribution in [3.05, 3.63) is 28.2 Å². The van der Waals surface area contributed by atoms with Crippen molar-refractivity contribution in [1.29, 1.82) is 0 Å². The molecule has 0 fully saturated rings. The van der Waals surface area contributed by atoms with Crippen molar-refractivity contribution in [3.8, 4) is 0 Å². The van der Waals surface area contributed by atoms with Gasteiger partial charge in [-0.05, 0) is 43.7 Å². The lowest BCUT2D eigenvalue weighted by Gasteiger charge is -2.16. The van der Waals surface area contributed by atoms with E-state index in [1.807, 2.05) is 12.1 Å². The Hall–Kier alpha value is -0.190. The minimum atomic E-state index is -0.868. The van der Waals surface area contributed by atoms with Crippen molar-refractivity contribution >= 4 is 26.7 Å². The van der Waals surface area contributed by atoms with E-state index in [4.69, 9.17) is 0 Å². The van der Waals surface area contributed by atoms with Gasteiger partial charge in [-0.1, -0.05) is 22.9 Å². The first kappa shape index (κ1) is 12.3. The molecule has 1 aromatic carbocycles. The summed E-state index contributed by atoms with van der Waals surface area (Å²) in [5, 5.41) is 3.64. The Morgan fingerprint density at radius 3 is 2.94 bits per heavy atom. The molecule has 3 unspecified atom stereocenters. The van der Waals surface area contributed by atoms with E-state index < -0.39 is 10.8 Å². The number of fused-ring (bicyclic) bond motifs is 1. The van der Waals surface area contributed by atoms with E-state index in [0.29, 0.717) is 0 Å². The highest BCUT2D eigenvalue weighted by Gasteiger charge is 2.35. The fourth-order valence-electron chi connectivity index (χ4n) is 2.10. The molecule has 0 aromatic heterocycles. The number of benzene rings is 1. The van der Waals surface area contributed by atoms with E-state index in [-0.39, 0.29) is 11.3 Å². The molecule has 0 radical (unpaired) electrons. The quantitative estimate of drug-likeness (QED) is 0.930. The van der Waals surface area contributed by atoms with Crippen LogP contribution in [0.1, 0.15) is 31.9 Å². The molecular formula is C12H16BrNOS. The lowest BCUT2D eigenvalue weighted by atomic mass is 10.0. The predicted octanol–water partition coefficient (Wildman–Crippen LogP) is 3.00. The minimum absolute atomic E-state index is 0.163. The first-order chi connectivity index (χ1) is 7.65. The Labute approximate surface area is 107 Å². The minimum Gasteiger partial charge on any atom is -0.309 e. The lowest BCUT2D eigenvalue weighted by Crippen LogP contribution is -2.28. The fourth-order valence-corrected chi connectivity index (χ4v) is 3.99. The molecule has 0 aliphatic carbocycles. The zero-order chi connectivity index (χ0) is 11.7. The Morgan fingerprint density at radius 1 is 1.50 bits per heavy atom. The van der Waals surface area contributed by atoms with Crippen LogP contribution in [0.25, 0.3) is 0 Å². The van der Waals surface area contributed by atoms with Gasteiger partial charge in [-0.15, -0.1) is 0 Å². The van der Waals surface area contributed by atoms with Crippen LogP contribution in [-0.4, -0.2) is 16.0 Å². The SMILES string of the molecule is CCCNC1c2cc(Br)ccc2S(=O)C1C. The molecular weight excluding hydrogens is 286 g/mol. The summed E-state index contributed by atoms with van der Waals surface area (Å²) >= 11 is 3.47. The van der Waals surface area contributed by atoms with Gasteiger partial charge in [0.25, 0.3) is 0 Å². The monoisotopic (exact) mass is 301 g/mol. The highest BCUT2D eigenvalue weighted by atomic mass is 79.9. The molecule has 4 heteroatoms. The molecule has 0 bridgehead atoms. The van der Waals surface area contributed by atoms with Gasteiger partial charge in [-0.2, -0.15) is 0 Å². The Balaban J connectivity index is 2.35. The number of halogens is 1. The molecule has 1 aliphatic rings. The van der Waals surface area contributed by atoms with Gasteiger partial charge in [0.05, 0.1) is 16.0 Å². The summed E-state index contributed by atoms with van der Waals surface area (Å²) in [5.41, 5.74) is 1.19. The summed E-state index contributed by atoms with van der Waals surface area (Å²) in [4.78, 5) is 0.990. The Morgan fingerprint density at radius 2 is 2.25 bits per heavy atom. The average molecular weight is 302 g/mol. The summed E-state index contributed by atoms with van der Waals surface area (Å²) in [6.07, 6.45) is 1.10. The highest BCUT2D eigenvalue weighted by molar-refractivity contribution is 9.10. The number of hydrogen-bond acceptors (Lipinski definition) is 2. The van der Waals surface area contributed by atoms with E-state index in [1.165, 1.54) is 5.56 Å².